The summed E-state index contributed by atoms with van der Waals surface area (Å²) in [5.41, 5.74) is 3.95. The molecule has 0 radical (unpaired) electrons. The van der Waals surface area contributed by atoms with Crippen molar-refractivity contribution in [1.29, 1.82) is 0 Å². The highest BCUT2D eigenvalue weighted by Gasteiger charge is 2.39. The second-order valence-electron chi connectivity index (χ2n) is 8.86. The quantitative estimate of drug-likeness (QED) is 0.669. The fourth-order valence-electron chi connectivity index (χ4n) is 4.21. The van der Waals surface area contributed by atoms with E-state index in [-0.39, 0.29) is 11.6 Å². The molecule has 1 saturated carbocycles. The minimum absolute atomic E-state index is 0.233. The summed E-state index contributed by atoms with van der Waals surface area (Å²) in [6.07, 6.45) is 2.75. The second kappa shape index (κ2) is 7.72. The van der Waals surface area contributed by atoms with Crippen molar-refractivity contribution in [1.82, 2.24) is 19.7 Å². The van der Waals surface area contributed by atoms with Crippen LogP contribution in [0.3, 0.4) is 0 Å². The van der Waals surface area contributed by atoms with Crippen molar-refractivity contribution in [3.05, 3.63) is 64.8 Å². The van der Waals surface area contributed by atoms with E-state index in [1.165, 1.54) is 0 Å². The van der Waals surface area contributed by atoms with E-state index in [4.69, 9.17) is 0 Å². The van der Waals surface area contributed by atoms with Gasteiger partial charge in [-0.25, -0.2) is 14.5 Å². The first-order chi connectivity index (χ1) is 15.0. The number of carbonyl (C=O) groups is 1. The summed E-state index contributed by atoms with van der Waals surface area (Å²) >= 11 is 0. The van der Waals surface area contributed by atoms with Crippen molar-refractivity contribution in [3.8, 4) is 16.8 Å². The van der Waals surface area contributed by atoms with Crippen LogP contribution in [0.15, 0.2) is 53.3 Å². The maximum absolute atomic E-state index is 12.4. The Hall–Kier alpha value is -3.35. The Labute approximate surface area is 181 Å². The van der Waals surface area contributed by atoms with Crippen LogP contribution in [0, 0.1) is 11.8 Å². The first kappa shape index (κ1) is 19.6. The molecule has 1 aliphatic carbocycles. The molecule has 2 aromatic carbocycles. The van der Waals surface area contributed by atoms with Crippen LogP contribution in [0.4, 0.5) is 5.69 Å². The highest BCUT2D eigenvalue weighted by molar-refractivity contribution is 5.81. The number of rotatable bonds is 6. The molecule has 0 unspecified atom stereocenters. The van der Waals surface area contributed by atoms with Crippen molar-refractivity contribution >= 4 is 11.6 Å². The first-order valence-corrected chi connectivity index (χ1v) is 10.8. The van der Waals surface area contributed by atoms with Crippen molar-refractivity contribution in [3.63, 3.8) is 0 Å². The van der Waals surface area contributed by atoms with Crippen molar-refractivity contribution in [2.24, 2.45) is 11.8 Å². The number of anilines is 1. The van der Waals surface area contributed by atoms with Gasteiger partial charge in [0.25, 0.3) is 0 Å². The van der Waals surface area contributed by atoms with E-state index >= 15 is 0 Å². The van der Waals surface area contributed by atoms with Crippen molar-refractivity contribution in [2.45, 2.75) is 19.3 Å². The van der Waals surface area contributed by atoms with E-state index in [9.17, 15) is 9.59 Å². The maximum atomic E-state index is 12.4. The zero-order valence-corrected chi connectivity index (χ0v) is 17.9. The molecule has 0 bridgehead atoms. The van der Waals surface area contributed by atoms with Gasteiger partial charge >= 0.3 is 5.69 Å². The number of amides is 1. The molecule has 1 saturated heterocycles. The van der Waals surface area contributed by atoms with Gasteiger partial charge in [0.1, 0.15) is 5.82 Å². The molecule has 2 heterocycles. The minimum atomic E-state index is -0.233. The zero-order valence-electron chi connectivity index (χ0n) is 17.9. The number of nitrogens with one attached hydrogen (secondary N) is 1. The van der Waals surface area contributed by atoms with Gasteiger partial charge in [-0.05, 0) is 48.2 Å². The van der Waals surface area contributed by atoms with Gasteiger partial charge in [-0.2, -0.15) is 5.10 Å². The molecule has 7 nitrogen and oxygen atoms in total. The van der Waals surface area contributed by atoms with Gasteiger partial charge < -0.3 is 9.80 Å². The van der Waals surface area contributed by atoms with Crippen LogP contribution in [0.1, 0.15) is 18.7 Å². The lowest BCUT2D eigenvalue weighted by molar-refractivity contribution is -0.138. The lowest BCUT2D eigenvalue weighted by atomic mass is 9.95. The predicted octanol–water partition coefficient (Wildman–Crippen LogP) is 2.70. The smallest absolute Gasteiger partial charge is 0.347 e. The summed E-state index contributed by atoms with van der Waals surface area (Å²) in [4.78, 5) is 28.6. The van der Waals surface area contributed by atoms with Gasteiger partial charge in [0, 0.05) is 51.1 Å². The summed E-state index contributed by atoms with van der Waals surface area (Å²) in [5, 5.41) is 6.84. The molecule has 1 aliphatic heterocycles. The summed E-state index contributed by atoms with van der Waals surface area (Å²) in [7, 11) is 4.05. The molecule has 5 rings (SSSR count). The van der Waals surface area contributed by atoms with Crippen LogP contribution in [0.25, 0.3) is 16.8 Å². The molecule has 3 aromatic rings. The van der Waals surface area contributed by atoms with Gasteiger partial charge in [0.05, 0.1) is 5.69 Å². The summed E-state index contributed by atoms with van der Waals surface area (Å²) in [5.74, 6) is 1.63. The van der Waals surface area contributed by atoms with Gasteiger partial charge in [-0.1, -0.05) is 24.3 Å². The number of hydrogen-bond donors (Lipinski definition) is 1. The molecular weight excluding hydrogens is 390 g/mol. The van der Waals surface area contributed by atoms with Crippen LogP contribution in [0.2, 0.25) is 0 Å². The lowest BCUT2D eigenvalue weighted by Gasteiger charge is -2.39. The summed E-state index contributed by atoms with van der Waals surface area (Å²) in [6, 6.07) is 16.4. The molecule has 160 valence electrons. The van der Waals surface area contributed by atoms with E-state index in [0.717, 1.165) is 54.3 Å². The fraction of sp³-hybridized carbons (Fsp3) is 0.375. The van der Waals surface area contributed by atoms with Gasteiger partial charge in [-0.15, -0.1) is 0 Å². The van der Waals surface area contributed by atoms with E-state index in [0.29, 0.717) is 18.2 Å². The minimum Gasteiger partial charge on any atom is -0.378 e. The highest BCUT2D eigenvalue weighted by Crippen LogP contribution is 2.34. The largest absolute Gasteiger partial charge is 0.378 e. The van der Waals surface area contributed by atoms with E-state index in [2.05, 4.69) is 39.4 Å². The Bertz CT molecular complexity index is 1130. The van der Waals surface area contributed by atoms with Crippen molar-refractivity contribution in [2.75, 3.05) is 32.1 Å². The average molecular weight is 418 g/mol. The third-order valence-corrected chi connectivity index (χ3v) is 6.25. The number of hydrogen-bond acceptors (Lipinski definition) is 4. The summed E-state index contributed by atoms with van der Waals surface area (Å²) < 4.78 is 1.64. The number of aromatic nitrogens is 3. The molecule has 1 amide bonds. The number of benzene rings is 2. The number of aromatic amines is 1. The first-order valence-electron chi connectivity index (χ1n) is 10.8. The molecule has 0 spiro atoms. The maximum Gasteiger partial charge on any atom is 0.347 e. The molecular formula is C24H27N5O2. The molecule has 2 fully saturated rings. The molecule has 0 atom stereocenters. The normalized spacial score (nSPS) is 16.3. The standard InChI is InChI=1S/C24H27N5O2/c1-27(2)20-9-5-17(6-10-20)18-7-11-21(12-8-18)29-22(25-26-24(29)31)13-16-14-28(15-16)23(30)19-3-4-19/h5-12,16,19H,3-4,13-15H2,1-2H3,(H,26,31). The van der Waals surface area contributed by atoms with Crippen molar-refractivity contribution < 1.29 is 4.79 Å². The number of carbonyl (C=O) groups excluding carboxylic acids is 1. The van der Waals surface area contributed by atoms with E-state index in [1.54, 1.807) is 4.57 Å². The van der Waals surface area contributed by atoms with Crippen LogP contribution in [-0.2, 0) is 11.2 Å². The molecule has 1 N–H and O–H groups in total. The van der Waals surface area contributed by atoms with Gasteiger partial charge in [0.15, 0.2) is 0 Å². The SMILES string of the molecule is CN(C)c1ccc(-c2ccc(-n3c(CC4CN(C(=O)C5CC5)C4)n[nH]c3=O)cc2)cc1. The Morgan fingerprint density at radius 3 is 2.23 bits per heavy atom. The highest BCUT2D eigenvalue weighted by atomic mass is 16.2. The third kappa shape index (κ3) is 3.87. The third-order valence-electron chi connectivity index (χ3n) is 6.25. The fourth-order valence-corrected chi connectivity index (χ4v) is 4.21. The number of H-pyrrole nitrogens is 1. The average Bonchev–Trinajstić information content (AvgIpc) is 3.53. The van der Waals surface area contributed by atoms with Gasteiger partial charge in [-0.3, -0.25) is 4.79 Å². The molecule has 2 aliphatic rings. The monoisotopic (exact) mass is 417 g/mol. The van der Waals surface area contributed by atoms with E-state index < -0.39 is 0 Å². The van der Waals surface area contributed by atoms with Crippen LogP contribution < -0.4 is 10.6 Å². The topological polar surface area (TPSA) is 74.2 Å². The number of likely N-dealkylation sites (tertiary alicyclic amines) is 1. The van der Waals surface area contributed by atoms with Crippen LogP contribution >= 0.6 is 0 Å². The lowest BCUT2D eigenvalue weighted by Crippen LogP contribution is -2.51. The number of nitrogens with zero attached hydrogens (tertiary/aromatic N) is 4. The summed E-state index contributed by atoms with van der Waals surface area (Å²) in [6.45, 7) is 1.52. The molecule has 7 heteroatoms. The Morgan fingerprint density at radius 1 is 1.03 bits per heavy atom. The van der Waals surface area contributed by atoms with Crippen LogP contribution in [0.5, 0.6) is 0 Å². The molecule has 1 aromatic heterocycles. The van der Waals surface area contributed by atoms with Gasteiger partial charge in [0.2, 0.25) is 5.91 Å². The Morgan fingerprint density at radius 2 is 1.65 bits per heavy atom. The Kier molecular flexibility index (Phi) is 4.88. The molecule has 31 heavy (non-hydrogen) atoms. The predicted molar refractivity (Wildman–Crippen MR) is 120 cm³/mol. The second-order valence-corrected chi connectivity index (χ2v) is 8.86. The zero-order chi connectivity index (χ0) is 21.5. The Balaban J connectivity index is 1.30. The van der Waals surface area contributed by atoms with E-state index in [1.807, 2.05) is 43.3 Å². The van der Waals surface area contributed by atoms with Crippen LogP contribution in [-0.4, -0.2) is 52.8 Å².